The van der Waals surface area contributed by atoms with Gasteiger partial charge in [0.15, 0.2) is 0 Å². The summed E-state index contributed by atoms with van der Waals surface area (Å²) in [5.74, 6) is -0.132. The van der Waals surface area contributed by atoms with Crippen molar-refractivity contribution in [3.63, 3.8) is 0 Å². The van der Waals surface area contributed by atoms with Gasteiger partial charge in [0.1, 0.15) is 0 Å². The molecular weight excluding hydrogens is 310 g/mol. The molecule has 0 fully saturated rings. The molecule has 3 amide bonds. The Balaban J connectivity index is 2.02. The zero-order chi connectivity index (χ0) is 16.8. The van der Waals surface area contributed by atoms with Crippen LogP contribution in [0.4, 0.5) is 4.79 Å². The Bertz CT molecular complexity index is 670. The smallest absolute Gasteiger partial charge is 0.312 e. The van der Waals surface area contributed by atoms with Crippen molar-refractivity contribution in [1.29, 1.82) is 0 Å². The number of primary amides is 1. The molecule has 0 aliphatic heterocycles. The minimum absolute atomic E-state index is 0.0961. The number of hydrogen-bond acceptors (Lipinski definition) is 3. The van der Waals surface area contributed by atoms with Crippen molar-refractivity contribution in [3.05, 3.63) is 57.8 Å². The van der Waals surface area contributed by atoms with E-state index in [1.807, 2.05) is 55.6 Å². The summed E-state index contributed by atoms with van der Waals surface area (Å²) in [4.78, 5) is 24.4. The fraction of sp³-hybridized carbons (Fsp3) is 0.294. The highest BCUT2D eigenvalue weighted by Crippen LogP contribution is 2.23. The monoisotopic (exact) mass is 331 g/mol. The Kier molecular flexibility index (Phi) is 5.76. The number of aryl methyl sites for hydroxylation is 1. The Morgan fingerprint density at radius 2 is 1.91 bits per heavy atom. The molecule has 1 heterocycles. The molecule has 0 aliphatic carbocycles. The lowest BCUT2D eigenvalue weighted by molar-refractivity contribution is -0.122. The van der Waals surface area contributed by atoms with Gasteiger partial charge in [-0.1, -0.05) is 30.3 Å². The van der Waals surface area contributed by atoms with Crippen LogP contribution in [0.25, 0.3) is 0 Å². The van der Waals surface area contributed by atoms with Gasteiger partial charge in [-0.15, -0.1) is 11.3 Å². The summed E-state index contributed by atoms with van der Waals surface area (Å²) in [5, 5.41) is 7.50. The van der Waals surface area contributed by atoms with Crippen molar-refractivity contribution in [2.75, 3.05) is 0 Å². The molecule has 0 bridgehead atoms. The minimum Gasteiger partial charge on any atom is -0.352 e. The number of carbonyl (C=O) groups is 2. The molecule has 0 radical (unpaired) electrons. The number of nitrogens with two attached hydrogens (primary N) is 1. The van der Waals surface area contributed by atoms with Gasteiger partial charge in [0.05, 0.1) is 18.5 Å². The van der Waals surface area contributed by atoms with Crippen LogP contribution in [-0.2, 0) is 4.79 Å². The predicted molar refractivity (Wildman–Crippen MR) is 92.1 cm³/mol. The molecule has 0 aliphatic rings. The van der Waals surface area contributed by atoms with E-state index in [4.69, 9.17) is 5.73 Å². The third kappa shape index (κ3) is 4.82. The second kappa shape index (κ2) is 7.78. The van der Waals surface area contributed by atoms with Crippen molar-refractivity contribution in [2.24, 2.45) is 5.73 Å². The average Bonchev–Trinajstić information content (AvgIpc) is 3.00. The normalized spacial score (nSPS) is 13.1. The summed E-state index contributed by atoms with van der Waals surface area (Å²) < 4.78 is 0. The number of benzene rings is 1. The molecule has 0 saturated carbocycles. The Hall–Kier alpha value is -2.34. The highest BCUT2D eigenvalue weighted by atomic mass is 32.1. The standard InChI is InChI=1S/C17H21N3O2S/c1-11-6-3-4-7-13(11)12(2)19-16(21)10-14(20-17(18)22)15-8-5-9-23-15/h3-9,12,14H,10H2,1-2H3,(H,19,21)(H3,18,20,22)/t12-,14+/m1/s1. The van der Waals surface area contributed by atoms with Crippen LogP contribution in [0.3, 0.4) is 0 Å². The Morgan fingerprint density at radius 3 is 2.52 bits per heavy atom. The van der Waals surface area contributed by atoms with Gasteiger partial charge in [0, 0.05) is 4.88 Å². The molecule has 0 spiro atoms. The number of thiophene rings is 1. The quantitative estimate of drug-likeness (QED) is 0.760. The molecule has 1 aromatic carbocycles. The third-order valence-corrected chi connectivity index (χ3v) is 4.61. The van der Waals surface area contributed by atoms with Gasteiger partial charge < -0.3 is 16.4 Å². The molecule has 5 nitrogen and oxygen atoms in total. The number of nitrogens with one attached hydrogen (secondary N) is 2. The van der Waals surface area contributed by atoms with Crippen LogP contribution in [-0.4, -0.2) is 11.9 Å². The summed E-state index contributed by atoms with van der Waals surface area (Å²) in [7, 11) is 0. The number of hydrogen-bond donors (Lipinski definition) is 3. The van der Waals surface area contributed by atoms with E-state index in [-0.39, 0.29) is 18.4 Å². The lowest BCUT2D eigenvalue weighted by Gasteiger charge is -2.20. The molecule has 122 valence electrons. The van der Waals surface area contributed by atoms with E-state index in [0.29, 0.717) is 0 Å². The second-order valence-electron chi connectivity index (χ2n) is 5.43. The van der Waals surface area contributed by atoms with E-state index in [1.165, 1.54) is 11.3 Å². The first-order valence-corrected chi connectivity index (χ1v) is 8.29. The van der Waals surface area contributed by atoms with E-state index in [2.05, 4.69) is 10.6 Å². The average molecular weight is 331 g/mol. The summed E-state index contributed by atoms with van der Waals surface area (Å²) in [5.41, 5.74) is 7.42. The van der Waals surface area contributed by atoms with Gasteiger partial charge in [-0.3, -0.25) is 4.79 Å². The molecule has 2 aromatic rings. The molecule has 4 N–H and O–H groups in total. The van der Waals surface area contributed by atoms with Gasteiger partial charge in [0.25, 0.3) is 0 Å². The van der Waals surface area contributed by atoms with Gasteiger partial charge in [-0.25, -0.2) is 4.79 Å². The van der Waals surface area contributed by atoms with Crippen LogP contribution in [0, 0.1) is 6.92 Å². The van der Waals surface area contributed by atoms with E-state index < -0.39 is 12.1 Å². The number of urea groups is 1. The first-order valence-electron chi connectivity index (χ1n) is 7.41. The largest absolute Gasteiger partial charge is 0.352 e. The molecular formula is C17H21N3O2S. The predicted octanol–water partition coefficient (Wildman–Crippen LogP) is 3.03. The van der Waals surface area contributed by atoms with E-state index >= 15 is 0 Å². The summed E-state index contributed by atoms with van der Waals surface area (Å²) >= 11 is 1.48. The molecule has 0 saturated heterocycles. The van der Waals surface area contributed by atoms with Gasteiger partial charge in [-0.05, 0) is 36.4 Å². The summed E-state index contributed by atoms with van der Waals surface area (Å²) in [6, 6.07) is 10.6. The van der Waals surface area contributed by atoms with Crippen LogP contribution in [0.5, 0.6) is 0 Å². The lowest BCUT2D eigenvalue weighted by atomic mass is 10.0. The highest BCUT2D eigenvalue weighted by Gasteiger charge is 2.20. The lowest BCUT2D eigenvalue weighted by Crippen LogP contribution is -2.37. The summed E-state index contributed by atoms with van der Waals surface area (Å²) in [6.07, 6.45) is 0.152. The van der Waals surface area contributed by atoms with Crippen molar-refractivity contribution in [3.8, 4) is 0 Å². The SMILES string of the molecule is Cc1ccccc1[C@@H](C)NC(=O)C[C@H](NC(N)=O)c1cccs1. The van der Waals surface area contributed by atoms with Crippen molar-refractivity contribution < 1.29 is 9.59 Å². The first kappa shape index (κ1) is 17.0. The van der Waals surface area contributed by atoms with Crippen molar-refractivity contribution in [2.45, 2.75) is 32.4 Å². The molecule has 6 heteroatoms. The highest BCUT2D eigenvalue weighted by molar-refractivity contribution is 7.10. The zero-order valence-electron chi connectivity index (χ0n) is 13.2. The number of rotatable bonds is 6. The topological polar surface area (TPSA) is 84.2 Å². The van der Waals surface area contributed by atoms with E-state index in [1.54, 1.807) is 0 Å². The van der Waals surface area contributed by atoms with Crippen LogP contribution >= 0.6 is 11.3 Å². The molecule has 1 aromatic heterocycles. The minimum atomic E-state index is -0.636. The second-order valence-corrected chi connectivity index (χ2v) is 6.41. The maximum absolute atomic E-state index is 12.3. The molecule has 2 atom stereocenters. The summed E-state index contributed by atoms with van der Waals surface area (Å²) in [6.45, 7) is 3.96. The van der Waals surface area contributed by atoms with Gasteiger partial charge in [-0.2, -0.15) is 0 Å². The first-order chi connectivity index (χ1) is 11.0. The Labute approximate surface area is 139 Å². The molecule has 23 heavy (non-hydrogen) atoms. The van der Waals surface area contributed by atoms with E-state index in [9.17, 15) is 9.59 Å². The third-order valence-electron chi connectivity index (χ3n) is 3.63. The maximum Gasteiger partial charge on any atom is 0.312 e. The molecule has 2 rings (SSSR count). The molecule has 0 unspecified atom stereocenters. The van der Waals surface area contributed by atoms with E-state index in [0.717, 1.165) is 16.0 Å². The fourth-order valence-corrected chi connectivity index (χ4v) is 3.30. The Morgan fingerprint density at radius 1 is 1.17 bits per heavy atom. The van der Waals surface area contributed by atoms with Gasteiger partial charge >= 0.3 is 6.03 Å². The van der Waals surface area contributed by atoms with Crippen LogP contribution in [0.15, 0.2) is 41.8 Å². The number of amides is 3. The zero-order valence-corrected chi connectivity index (χ0v) is 14.0. The van der Waals surface area contributed by atoms with Crippen molar-refractivity contribution >= 4 is 23.3 Å². The van der Waals surface area contributed by atoms with Crippen molar-refractivity contribution in [1.82, 2.24) is 10.6 Å². The van der Waals surface area contributed by atoms with Crippen LogP contribution < -0.4 is 16.4 Å². The van der Waals surface area contributed by atoms with Crippen LogP contribution in [0.1, 0.15) is 41.4 Å². The van der Waals surface area contributed by atoms with Gasteiger partial charge in [0.2, 0.25) is 5.91 Å². The maximum atomic E-state index is 12.3. The van der Waals surface area contributed by atoms with Crippen LogP contribution in [0.2, 0.25) is 0 Å². The fourth-order valence-electron chi connectivity index (χ4n) is 2.52. The number of carbonyl (C=O) groups excluding carboxylic acids is 2.